The van der Waals surface area contributed by atoms with E-state index in [0.717, 1.165) is 5.56 Å². The average molecular weight is 318 g/mol. The number of urea groups is 1. The maximum absolute atomic E-state index is 11.6. The lowest BCUT2D eigenvalue weighted by Gasteiger charge is -2.10. The highest BCUT2D eigenvalue weighted by Crippen LogP contribution is 2.18. The van der Waals surface area contributed by atoms with Gasteiger partial charge in [0.25, 0.3) is 0 Å². The SMILES string of the molecule is CC(O)CCNC(=O)NCC(C)c1nc(-c2ccccc2)no1. The topological polar surface area (TPSA) is 100 Å². The second-order valence-corrected chi connectivity index (χ2v) is 5.50. The third-order valence-electron chi connectivity index (χ3n) is 3.31. The van der Waals surface area contributed by atoms with Crippen LogP contribution in [-0.2, 0) is 0 Å². The van der Waals surface area contributed by atoms with Crippen molar-refractivity contribution in [1.82, 2.24) is 20.8 Å². The first-order valence-corrected chi connectivity index (χ1v) is 7.65. The summed E-state index contributed by atoms with van der Waals surface area (Å²) in [5, 5.41) is 18.5. The molecule has 0 fully saturated rings. The summed E-state index contributed by atoms with van der Waals surface area (Å²) in [6, 6.07) is 9.29. The van der Waals surface area contributed by atoms with E-state index in [1.165, 1.54) is 0 Å². The van der Waals surface area contributed by atoms with Gasteiger partial charge in [-0.3, -0.25) is 0 Å². The van der Waals surface area contributed by atoms with Crippen molar-refractivity contribution < 1.29 is 14.4 Å². The van der Waals surface area contributed by atoms with Crippen LogP contribution in [0.2, 0.25) is 0 Å². The number of aliphatic hydroxyl groups excluding tert-OH is 1. The predicted octanol–water partition coefficient (Wildman–Crippen LogP) is 1.91. The fraction of sp³-hybridized carbons (Fsp3) is 0.438. The van der Waals surface area contributed by atoms with Crippen LogP contribution in [0.5, 0.6) is 0 Å². The Hall–Kier alpha value is -2.41. The number of hydrogen-bond donors (Lipinski definition) is 3. The molecule has 0 aliphatic carbocycles. The Morgan fingerprint density at radius 1 is 1.26 bits per heavy atom. The summed E-state index contributed by atoms with van der Waals surface area (Å²) in [7, 11) is 0. The fourth-order valence-corrected chi connectivity index (χ4v) is 1.93. The van der Waals surface area contributed by atoms with E-state index in [-0.39, 0.29) is 11.9 Å². The maximum Gasteiger partial charge on any atom is 0.314 e. The number of benzene rings is 1. The van der Waals surface area contributed by atoms with Crippen LogP contribution in [0.15, 0.2) is 34.9 Å². The highest BCUT2D eigenvalue weighted by atomic mass is 16.5. The van der Waals surface area contributed by atoms with Crippen LogP contribution in [-0.4, -0.2) is 40.5 Å². The Morgan fingerprint density at radius 3 is 2.70 bits per heavy atom. The molecule has 7 nitrogen and oxygen atoms in total. The fourth-order valence-electron chi connectivity index (χ4n) is 1.93. The van der Waals surface area contributed by atoms with E-state index >= 15 is 0 Å². The van der Waals surface area contributed by atoms with Crippen molar-refractivity contribution in [1.29, 1.82) is 0 Å². The number of amides is 2. The largest absolute Gasteiger partial charge is 0.393 e. The first-order valence-electron chi connectivity index (χ1n) is 7.65. The smallest absolute Gasteiger partial charge is 0.314 e. The van der Waals surface area contributed by atoms with E-state index in [0.29, 0.717) is 31.2 Å². The molecule has 124 valence electrons. The molecule has 2 unspecified atom stereocenters. The van der Waals surface area contributed by atoms with Gasteiger partial charge in [0.1, 0.15) is 0 Å². The van der Waals surface area contributed by atoms with Crippen LogP contribution >= 0.6 is 0 Å². The monoisotopic (exact) mass is 318 g/mol. The van der Waals surface area contributed by atoms with Gasteiger partial charge >= 0.3 is 6.03 Å². The minimum atomic E-state index is -0.427. The maximum atomic E-state index is 11.6. The molecule has 1 heterocycles. The van der Waals surface area contributed by atoms with Crippen molar-refractivity contribution in [3.8, 4) is 11.4 Å². The molecule has 2 amide bonds. The second kappa shape index (κ2) is 8.28. The van der Waals surface area contributed by atoms with Gasteiger partial charge in [-0.2, -0.15) is 4.98 Å². The molecule has 2 atom stereocenters. The van der Waals surface area contributed by atoms with E-state index < -0.39 is 6.10 Å². The van der Waals surface area contributed by atoms with Crippen molar-refractivity contribution in [2.24, 2.45) is 0 Å². The molecule has 2 rings (SSSR count). The molecule has 2 aromatic rings. The van der Waals surface area contributed by atoms with Gasteiger partial charge in [-0.25, -0.2) is 4.79 Å². The van der Waals surface area contributed by atoms with Gasteiger partial charge < -0.3 is 20.3 Å². The number of nitrogens with one attached hydrogen (secondary N) is 2. The van der Waals surface area contributed by atoms with Gasteiger partial charge in [-0.15, -0.1) is 0 Å². The molecule has 0 radical (unpaired) electrons. The number of hydrogen-bond acceptors (Lipinski definition) is 5. The molecule has 7 heteroatoms. The van der Waals surface area contributed by atoms with Crippen LogP contribution in [0.25, 0.3) is 11.4 Å². The second-order valence-electron chi connectivity index (χ2n) is 5.50. The van der Waals surface area contributed by atoms with E-state index in [4.69, 9.17) is 9.63 Å². The van der Waals surface area contributed by atoms with Gasteiger partial charge in [-0.05, 0) is 13.3 Å². The number of rotatable bonds is 7. The summed E-state index contributed by atoms with van der Waals surface area (Å²) in [6.45, 7) is 4.40. The van der Waals surface area contributed by atoms with Gasteiger partial charge in [0.05, 0.1) is 12.0 Å². The number of aliphatic hydroxyl groups is 1. The first-order chi connectivity index (χ1) is 11.1. The standard InChI is InChI=1S/C16H22N4O3/c1-11(10-18-16(22)17-9-8-12(2)21)15-19-14(20-23-15)13-6-4-3-5-7-13/h3-7,11-12,21H,8-10H2,1-2H3,(H2,17,18,22). The molecule has 1 aromatic carbocycles. The van der Waals surface area contributed by atoms with Crippen molar-refractivity contribution in [3.63, 3.8) is 0 Å². The molecule has 0 bridgehead atoms. The average Bonchev–Trinajstić information content (AvgIpc) is 3.03. The Balaban J connectivity index is 1.81. The van der Waals surface area contributed by atoms with Crippen LogP contribution in [0.4, 0.5) is 4.79 Å². The summed E-state index contributed by atoms with van der Waals surface area (Å²) < 4.78 is 5.26. The Bertz CT molecular complexity index is 613. The number of carbonyl (C=O) groups excluding carboxylic acids is 1. The van der Waals surface area contributed by atoms with E-state index in [2.05, 4.69) is 20.8 Å². The van der Waals surface area contributed by atoms with Gasteiger partial charge in [0, 0.05) is 18.7 Å². The van der Waals surface area contributed by atoms with Crippen molar-refractivity contribution in [2.45, 2.75) is 32.3 Å². The third kappa shape index (κ3) is 5.37. The van der Waals surface area contributed by atoms with Crippen molar-refractivity contribution in [3.05, 3.63) is 36.2 Å². The zero-order chi connectivity index (χ0) is 16.7. The Kier molecular flexibility index (Phi) is 6.10. The molecule has 0 saturated carbocycles. The first kappa shape index (κ1) is 17.0. The minimum absolute atomic E-state index is 0.0949. The van der Waals surface area contributed by atoms with E-state index in [1.54, 1.807) is 6.92 Å². The lowest BCUT2D eigenvalue weighted by Crippen LogP contribution is -2.38. The van der Waals surface area contributed by atoms with Crippen LogP contribution in [0, 0.1) is 0 Å². The van der Waals surface area contributed by atoms with Crippen LogP contribution in [0.3, 0.4) is 0 Å². The summed E-state index contributed by atoms with van der Waals surface area (Å²) in [6.07, 6.45) is 0.0941. The molecular weight excluding hydrogens is 296 g/mol. The molecule has 0 aliphatic heterocycles. The molecule has 0 spiro atoms. The molecular formula is C16H22N4O3. The molecule has 3 N–H and O–H groups in total. The Labute approximate surface area is 135 Å². The van der Waals surface area contributed by atoms with E-state index in [9.17, 15) is 4.79 Å². The highest BCUT2D eigenvalue weighted by Gasteiger charge is 2.16. The Morgan fingerprint density at radius 2 is 2.00 bits per heavy atom. The lowest BCUT2D eigenvalue weighted by atomic mass is 10.2. The molecule has 23 heavy (non-hydrogen) atoms. The minimum Gasteiger partial charge on any atom is -0.393 e. The number of aromatic nitrogens is 2. The summed E-state index contributed by atoms with van der Waals surface area (Å²) >= 11 is 0. The van der Waals surface area contributed by atoms with Gasteiger partial charge in [0.15, 0.2) is 0 Å². The van der Waals surface area contributed by atoms with Crippen LogP contribution in [0.1, 0.15) is 32.1 Å². The summed E-state index contributed by atoms with van der Waals surface area (Å²) in [4.78, 5) is 16.0. The zero-order valence-electron chi connectivity index (χ0n) is 13.3. The van der Waals surface area contributed by atoms with Crippen molar-refractivity contribution in [2.75, 3.05) is 13.1 Å². The lowest BCUT2D eigenvalue weighted by molar-refractivity contribution is 0.183. The van der Waals surface area contributed by atoms with Crippen LogP contribution < -0.4 is 10.6 Å². The number of nitrogens with zero attached hydrogens (tertiary/aromatic N) is 2. The van der Waals surface area contributed by atoms with Gasteiger partial charge in [-0.1, -0.05) is 42.4 Å². The zero-order valence-corrected chi connectivity index (χ0v) is 13.3. The quantitative estimate of drug-likeness (QED) is 0.724. The van der Waals surface area contributed by atoms with Crippen molar-refractivity contribution >= 4 is 6.03 Å². The normalized spacial score (nSPS) is 13.3. The number of carbonyl (C=O) groups is 1. The molecule has 0 aliphatic rings. The summed E-state index contributed by atoms with van der Waals surface area (Å²) in [5.74, 6) is 0.921. The molecule has 1 aromatic heterocycles. The predicted molar refractivity (Wildman–Crippen MR) is 85.8 cm³/mol. The molecule has 0 saturated heterocycles. The van der Waals surface area contributed by atoms with E-state index in [1.807, 2.05) is 37.3 Å². The van der Waals surface area contributed by atoms with Gasteiger partial charge in [0.2, 0.25) is 11.7 Å². The highest BCUT2D eigenvalue weighted by molar-refractivity contribution is 5.73. The third-order valence-corrected chi connectivity index (χ3v) is 3.31. The summed E-state index contributed by atoms with van der Waals surface area (Å²) in [5.41, 5.74) is 0.888.